The predicted molar refractivity (Wildman–Crippen MR) is 268 cm³/mol. The van der Waals surface area contributed by atoms with E-state index in [9.17, 15) is 0 Å². The van der Waals surface area contributed by atoms with Crippen LogP contribution in [0, 0.1) is 0 Å². The van der Waals surface area contributed by atoms with E-state index in [1.54, 1.807) is 0 Å². The van der Waals surface area contributed by atoms with Gasteiger partial charge >= 0.3 is 0 Å². The van der Waals surface area contributed by atoms with E-state index < -0.39 is 5.41 Å². The Labute approximate surface area is 369 Å². The molecule has 0 aliphatic heterocycles. The highest BCUT2D eigenvalue weighted by Gasteiger charge is 2.51. The van der Waals surface area contributed by atoms with E-state index in [0.29, 0.717) is 0 Å². The normalized spacial score (nSPS) is 13.2. The highest BCUT2D eigenvalue weighted by molar-refractivity contribution is 7.25. The number of rotatable bonds is 4. The Morgan fingerprint density at radius 3 is 1.40 bits per heavy atom. The van der Waals surface area contributed by atoms with Crippen LogP contribution < -0.4 is 4.90 Å². The Morgan fingerprint density at radius 1 is 0.286 bits per heavy atom. The van der Waals surface area contributed by atoms with Crippen LogP contribution in [-0.2, 0) is 5.41 Å². The Morgan fingerprint density at radius 2 is 0.746 bits per heavy atom. The molecule has 0 saturated heterocycles. The summed E-state index contributed by atoms with van der Waals surface area (Å²) < 4.78 is 2.63. The Bertz CT molecular complexity index is 3790. The van der Waals surface area contributed by atoms with E-state index in [0.717, 1.165) is 17.1 Å². The first kappa shape index (κ1) is 34.9. The minimum atomic E-state index is -0.455. The van der Waals surface area contributed by atoms with E-state index in [1.165, 1.54) is 108 Å². The Balaban J connectivity index is 1.06. The number of hydrogen-bond donors (Lipinski definition) is 0. The van der Waals surface area contributed by atoms with Crippen LogP contribution in [0.3, 0.4) is 0 Å². The van der Waals surface area contributed by atoms with Crippen molar-refractivity contribution in [3.05, 3.63) is 247 Å². The van der Waals surface area contributed by atoms with Gasteiger partial charge in [-0.3, -0.25) is 0 Å². The molecule has 0 radical (unpaired) electrons. The molecule has 1 heterocycles. The van der Waals surface area contributed by atoms with Crippen molar-refractivity contribution in [1.29, 1.82) is 0 Å². The summed E-state index contributed by atoms with van der Waals surface area (Å²) in [6, 6.07) is 84.3. The highest BCUT2D eigenvalue weighted by atomic mass is 32.1. The molecule has 2 aliphatic rings. The summed E-state index contributed by atoms with van der Waals surface area (Å²) in [6.07, 6.45) is 0. The first-order valence-corrected chi connectivity index (χ1v) is 22.7. The van der Waals surface area contributed by atoms with E-state index in [4.69, 9.17) is 0 Å². The van der Waals surface area contributed by atoms with Crippen molar-refractivity contribution >= 4 is 80.9 Å². The molecule has 1 spiro atoms. The molecule has 0 amide bonds. The molecule has 2 aliphatic carbocycles. The van der Waals surface area contributed by atoms with Crippen molar-refractivity contribution in [3.63, 3.8) is 0 Å². The molecule has 0 atom stereocenters. The monoisotopic (exact) mass is 815 g/mol. The Hall–Kier alpha value is -7.78. The van der Waals surface area contributed by atoms with Crippen molar-refractivity contribution in [1.82, 2.24) is 0 Å². The molecular weight excluding hydrogens is 779 g/mol. The maximum absolute atomic E-state index is 2.53. The molecule has 63 heavy (non-hydrogen) atoms. The lowest BCUT2D eigenvalue weighted by Gasteiger charge is -2.33. The van der Waals surface area contributed by atoms with Crippen LogP contribution in [0.4, 0.5) is 17.1 Å². The largest absolute Gasteiger partial charge is 0.310 e. The van der Waals surface area contributed by atoms with Gasteiger partial charge in [-0.15, -0.1) is 11.3 Å². The van der Waals surface area contributed by atoms with Gasteiger partial charge in [-0.2, -0.15) is 0 Å². The smallest absolute Gasteiger partial charge is 0.0726 e. The molecular formula is C61H37NS. The molecule has 0 unspecified atom stereocenters. The summed E-state index contributed by atoms with van der Waals surface area (Å²) in [7, 11) is 0. The quantitative estimate of drug-likeness (QED) is 0.160. The maximum atomic E-state index is 2.53. The van der Waals surface area contributed by atoms with Gasteiger partial charge in [0, 0.05) is 37.1 Å². The molecule has 12 aromatic rings. The minimum absolute atomic E-state index is 0.455. The molecule has 2 heteroatoms. The van der Waals surface area contributed by atoms with Gasteiger partial charge in [0.1, 0.15) is 0 Å². The summed E-state index contributed by atoms with van der Waals surface area (Å²) >= 11 is 1.87. The summed E-state index contributed by atoms with van der Waals surface area (Å²) in [5, 5.41) is 10.2. The van der Waals surface area contributed by atoms with Crippen LogP contribution in [0.1, 0.15) is 22.3 Å². The van der Waals surface area contributed by atoms with Gasteiger partial charge in [-0.05, 0) is 131 Å². The van der Waals surface area contributed by atoms with Crippen LogP contribution in [0.2, 0.25) is 0 Å². The second-order valence-electron chi connectivity index (χ2n) is 17.1. The van der Waals surface area contributed by atoms with Gasteiger partial charge < -0.3 is 4.90 Å². The lowest BCUT2D eigenvalue weighted by atomic mass is 9.70. The zero-order valence-electron chi connectivity index (χ0n) is 34.2. The summed E-state index contributed by atoms with van der Waals surface area (Å²) in [5.41, 5.74) is 15.9. The van der Waals surface area contributed by atoms with Crippen LogP contribution >= 0.6 is 11.3 Å². The maximum Gasteiger partial charge on any atom is 0.0726 e. The third-order valence-electron chi connectivity index (χ3n) is 14.1. The molecule has 0 N–H and O–H groups in total. The number of thiophene rings is 1. The van der Waals surface area contributed by atoms with Gasteiger partial charge in [-0.25, -0.2) is 0 Å². The molecule has 1 nitrogen and oxygen atoms in total. The molecule has 0 fully saturated rings. The van der Waals surface area contributed by atoms with E-state index in [2.05, 4.69) is 229 Å². The zero-order valence-corrected chi connectivity index (χ0v) is 35.0. The van der Waals surface area contributed by atoms with Crippen molar-refractivity contribution in [3.8, 4) is 33.4 Å². The Kier molecular flexibility index (Phi) is 7.26. The van der Waals surface area contributed by atoms with Gasteiger partial charge in [-0.1, -0.05) is 176 Å². The lowest BCUT2D eigenvalue weighted by molar-refractivity contribution is 0.793. The van der Waals surface area contributed by atoms with E-state index in [-0.39, 0.29) is 0 Å². The summed E-state index contributed by atoms with van der Waals surface area (Å²) in [4.78, 5) is 2.53. The topological polar surface area (TPSA) is 3.24 Å². The minimum Gasteiger partial charge on any atom is -0.310 e. The van der Waals surface area contributed by atoms with Crippen LogP contribution in [0.5, 0.6) is 0 Å². The third kappa shape index (κ3) is 4.76. The van der Waals surface area contributed by atoms with Crippen molar-refractivity contribution in [2.45, 2.75) is 5.41 Å². The number of benzene rings is 11. The highest BCUT2D eigenvalue weighted by Crippen LogP contribution is 2.63. The van der Waals surface area contributed by atoms with Crippen molar-refractivity contribution < 1.29 is 0 Å². The number of fused-ring (bicyclic) bond motifs is 19. The fourth-order valence-electron chi connectivity index (χ4n) is 11.5. The van der Waals surface area contributed by atoms with Gasteiger partial charge in [0.2, 0.25) is 0 Å². The van der Waals surface area contributed by atoms with Gasteiger partial charge in [0.25, 0.3) is 0 Å². The summed E-state index contributed by atoms with van der Waals surface area (Å²) in [6.45, 7) is 0. The SMILES string of the molecule is c1ccc(N(c2ccc3c(c2)C2(c4ccccc4-c4ccccc42)c2ccccc2-3)c2ccc3c4ccccc4c4ccccc4c3c2)c(-c2ccc3sc4ccccc4c3c2)c1. The average Bonchev–Trinajstić information content (AvgIpc) is 3.98. The predicted octanol–water partition coefficient (Wildman–Crippen LogP) is 17.0. The third-order valence-corrected chi connectivity index (χ3v) is 15.2. The van der Waals surface area contributed by atoms with Gasteiger partial charge in [0.05, 0.1) is 11.1 Å². The summed E-state index contributed by atoms with van der Waals surface area (Å²) in [5.74, 6) is 0. The van der Waals surface area contributed by atoms with Crippen LogP contribution in [0.15, 0.2) is 224 Å². The fraction of sp³-hybridized carbons (Fsp3) is 0.0164. The first-order chi connectivity index (χ1) is 31.3. The standard InChI is InChI=1S/C61H37NS/c1-2-18-44-42(16-1)43-17-3-4-19-45(43)52-36-39(30-32-46(44)52)62(58-27-13-8-15-41(58)38-29-34-60-53(35-38)51-23-9-14-28-59(51)63-60)40-31-33-50-49-22-7-12-26-56(49)61(57(50)37-40)54-24-10-5-20-47(54)48-21-6-11-25-55(48)61/h1-37H. The average molecular weight is 816 g/mol. The van der Waals surface area contributed by atoms with E-state index >= 15 is 0 Å². The fourth-order valence-corrected chi connectivity index (χ4v) is 12.6. The number of nitrogens with zero attached hydrogens (tertiary/aromatic N) is 1. The van der Waals surface area contributed by atoms with Crippen molar-refractivity contribution in [2.24, 2.45) is 0 Å². The number of hydrogen-bond acceptors (Lipinski definition) is 2. The second-order valence-corrected chi connectivity index (χ2v) is 18.2. The first-order valence-electron chi connectivity index (χ1n) is 21.8. The number of para-hydroxylation sites is 1. The molecule has 292 valence electrons. The molecule has 0 saturated carbocycles. The second kappa shape index (κ2) is 13.1. The van der Waals surface area contributed by atoms with Crippen molar-refractivity contribution in [2.75, 3.05) is 4.90 Å². The molecule has 1 aromatic heterocycles. The zero-order chi connectivity index (χ0) is 41.2. The molecule has 11 aromatic carbocycles. The van der Waals surface area contributed by atoms with E-state index in [1.807, 2.05) is 11.3 Å². The molecule has 0 bridgehead atoms. The van der Waals surface area contributed by atoms with Crippen LogP contribution in [0.25, 0.3) is 85.9 Å². The lowest BCUT2D eigenvalue weighted by Crippen LogP contribution is -2.26. The molecule has 14 rings (SSSR count). The van der Waals surface area contributed by atoms with Gasteiger partial charge in [0.15, 0.2) is 0 Å². The number of anilines is 3. The van der Waals surface area contributed by atoms with Crippen LogP contribution in [-0.4, -0.2) is 0 Å².